The van der Waals surface area contributed by atoms with E-state index in [1.807, 2.05) is 12.1 Å². The monoisotopic (exact) mass is 247 g/mol. The molecule has 3 heteroatoms. The Kier molecular flexibility index (Phi) is 4.62. The van der Waals surface area contributed by atoms with Gasteiger partial charge in [-0.2, -0.15) is 0 Å². The van der Waals surface area contributed by atoms with Gasteiger partial charge in [-0.15, -0.1) is 0 Å². The first-order chi connectivity index (χ1) is 5.83. The molecule has 0 amide bonds. The maximum atomic E-state index is 5.74. The second-order valence-electron chi connectivity index (χ2n) is 2.60. The SMILES string of the molecule is Clc1cccc(CCCCBr)n1. The van der Waals surface area contributed by atoms with Gasteiger partial charge in [0.2, 0.25) is 0 Å². The second kappa shape index (κ2) is 5.55. The molecule has 0 radical (unpaired) electrons. The second-order valence-corrected chi connectivity index (χ2v) is 3.78. The lowest BCUT2D eigenvalue weighted by Gasteiger charge is -1.98. The minimum Gasteiger partial charge on any atom is -0.241 e. The molecule has 0 unspecified atom stereocenters. The van der Waals surface area contributed by atoms with Crippen LogP contribution in [0.5, 0.6) is 0 Å². The smallest absolute Gasteiger partial charge is 0.129 e. The molecular weight excluding hydrogens is 237 g/mol. The molecule has 0 aliphatic heterocycles. The standard InChI is InChI=1S/C9H11BrClN/c10-7-2-1-4-8-5-3-6-9(11)12-8/h3,5-6H,1-2,4,7H2. The molecular formula is C9H11BrClN. The molecule has 0 spiro atoms. The van der Waals surface area contributed by atoms with E-state index in [9.17, 15) is 0 Å². The fourth-order valence-corrected chi connectivity index (χ4v) is 1.57. The number of hydrogen-bond donors (Lipinski definition) is 0. The van der Waals surface area contributed by atoms with Crippen LogP contribution in [0.4, 0.5) is 0 Å². The molecule has 1 nitrogen and oxygen atoms in total. The number of rotatable bonds is 4. The van der Waals surface area contributed by atoms with Crippen molar-refractivity contribution in [3.05, 3.63) is 29.0 Å². The Morgan fingerprint density at radius 1 is 1.33 bits per heavy atom. The van der Waals surface area contributed by atoms with Crippen LogP contribution in [-0.4, -0.2) is 10.3 Å². The van der Waals surface area contributed by atoms with Crippen LogP contribution in [0.1, 0.15) is 18.5 Å². The van der Waals surface area contributed by atoms with Gasteiger partial charge in [-0.05, 0) is 31.4 Å². The van der Waals surface area contributed by atoms with Crippen LogP contribution < -0.4 is 0 Å². The average Bonchev–Trinajstić information content (AvgIpc) is 2.05. The molecule has 1 heterocycles. The summed E-state index contributed by atoms with van der Waals surface area (Å²) >= 11 is 9.13. The summed E-state index contributed by atoms with van der Waals surface area (Å²) in [5.41, 5.74) is 1.09. The number of nitrogens with zero attached hydrogens (tertiary/aromatic N) is 1. The third-order valence-electron chi connectivity index (χ3n) is 1.59. The Morgan fingerprint density at radius 3 is 2.83 bits per heavy atom. The minimum atomic E-state index is 0.589. The molecule has 0 bridgehead atoms. The first-order valence-corrected chi connectivity index (χ1v) is 5.50. The number of alkyl halides is 1. The van der Waals surface area contributed by atoms with Crippen molar-refractivity contribution >= 4 is 27.5 Å². The Hall–Kier alpha value is -0.0800. The third kappa shape index (κ3) is 3.55. The predicted octanol–water partition coefficient (Wildman–Crippen LogP) is 3.45. The van der Waals surface area contributed by atoms with Crippen molar-refractivity contribution in [2.24, 2.45) is 0 Å². The van der Waals surface area contributed by atoms with Gasteiger partial charge < -0.3 is 0 Å². The number of aryl methyl sites for hydroxylation is 1. The van der Waals surface area contributed by atoms with Gasteiger partial charge in [0.05, 0.1) is 0 Å². The number of halogens is 2. The van der Waals surface area contributed by atoms with Crippen LogP contribution in [-0.2, 0) is 6.42 Å². The normalized spacial score (nSPS) is 10.2. The van der Waals surface area contributed by atoms with Crippen LogP contribution in [0.25, 0.3) is 0 Å². The molecule has 0 saturated heterocycles. The summed E-state index contributed by atoms with van der Waals surface area (Å²) in [6.45, 7) is 0. The Balaban J connectivity index is 2.41. The zero-order chi connectivity index (χ0) is 8.81. The molecule has 12 heavy (non-hydrogen) atoms. The van der Waals surface area contributed by atoms with Gasteiger partial charge in [0.1, 0.15) is 5.15 Å². The first kappa shape index (κ1) is 10.0. The number of unbranched alkanes of at least 4 members (excludes halogenated alkanes) is 1. The molecule has 1 aromatic heterocycles. The van der Waals surface area contributed by atoms with Crippen molar-refractivity contribution in [3.63, 3.8) is 0 Å². The van der Waals surface area contributed by atoms with Crippen LogP contribution in [0.15, 0.2) is 18.2 Å². The summed E-state index contributed by atoms with van der Waals surface area (Å²) in [7, 11) is 0. The van der Waals surface area contributed by atoms with Gasteiger partial charge in [-0.3, -0.25) is 0 Å². The fraction of sp³-hybridized carbons (Fsp3) is 0.444. The van der Waals surface area contributed by atoms with Gasteiger partial charge >= 0.3 is 0 Å². The highest BCUT2D eigenvalue weighted by atomic mass is 79.9. The van der Waals surface area contributed by atoms with Crippen molar-refractivity contribution in [2.75, 3.05) is 5.33 Å². The number of hydrogen-bond acceptors (Lipinski definition) is 1. The molecule has 0 aliphatic carbocycles. The fourth-order valence-electron chi connectivity index (χ4n) is 0.990. The van der Waals surface area contributed by atoms with E-state index in [4.69, 9.17) is 11.6 Å². The summed E-state index contributed by atoms with van der Waals surface area (Å²) in [6, 6.07) is 5.76. The Morgan fingerprint density at radius 2 is 2.17 bits per heavy atom. The van der Waals surface area contributed by atoms with Gasteiger partial charge in [0.25, 0.3) is 0 Å². The molecule has 0 saturated carbocycles. The summed E-state index contributed by atoms with van der Waals surface area (Å²) in [5, 5.41) is 1.65. The number of aromatic nitrogens is 1. The van der Waals surface area contributed by atoms with Crippen LogP contribution in [0.3, 0.4) is 0 Å². The maximum Gasteiger partial charge on any atom is 0.129 e. The summed E-state index contributed by atoms with van der Waals surface area (Å²) in [5.74, 6) is 0. The van der Waals surface area contributed by atoms with E-state index in [1.165, 1.54) is 12.8 Å². The molecule has 0 atom stereocenters. The van der Waals surface area contributed by atoms with Crippen LogP contribution in [0.2, 0.25) is 5.15 Å². The third-order valence-corrected chi connectivity index (χ3v) is 2.36. The van der Waals surface area contributed by atoms with E-state index in [0.717, 1.165) is 17.4 Å². The van der Waals surface area contributed by atoms with E-state index in [0.29, 0.717) is 5.15 Å². The quantitative estimate of drug-likeness (QED) is 0.452. The van der Waals surface area contributed by atoms with Crippen molar-refractivity contribution in [3.8, 4) is 0 Å². The van der Waals surface area contributed by atoms with Crippen molar-refractivity contribution in [1.29, 1.82) is 0 Å². The summed E-state index contributed by atoms with van der Waals surface area (Å²) in [6.07, 6.45) is 3.37. The number of pyridine rings is 1. The van der Waals surface area contributed by atoms with Gasteiger partial charge in [0.15, 0.2) is 0 Å². The van der Waals surface area contributed by atoms with E-state index >= 15 is 0 Å². The highest BCUT2D eigenvalue weighted by molar-refractivity contribution is 9.09. The molecule has 0 aliphatic rings. The van der Waals surface area contributed by atoms with Crippen LogP contribution in [0, 0.1) is 0 Å². The zero-order valence-electron chi connectivity index (χ0n) is 6.76. The predicted molar refractivity (Wildman–Crippen MR) is 56.0 cm³/mol. The largest absolute Gasteiger partial charge is 0.241 e. The van der Waals surface area contributed by atoms with Gasteiger partial charge in [0, 0.05) is 11.0 Å². The maximum absolute atomic E-state index is 5.74. The van der Waals surface area contributed by atoms with E-state index in [-0.39, 0.29) is 0 Å². The molecule has 66 valence electrons. The van der Waals surface area contributed by atoms with Crippen molar-refractivity contribution in [2.45, 2.75) is 19.3 Å². The lowest BCUT2D eigenvalue weighted by molar-refractivity contribution is 0.786. The van der Waals surface area contributed by atoms with E-state index in [2.05, 4.69) is 20.9 Å². The zero-order valence-corrected chi connectivity index (χ0v) is 9.11. The summed E-state index contributed by atoms with van der Waals surface area (Å²) < 4.78 is 0. The summed E-state index contributed by atoms with van der Waals surface area (Å²) in [4.78, 5) is 4.20. The average molecular weight is 249 g/mol. The Labute approximate surface area is 86.3 Å². The topological polar surface area (TPSA) is 12.9 Å². The molecule has 0 N–H and O–H groups in total. The van der Waals surface area contributed by atoms with Crippen molar-refractivity contribution in [1.82, 2.24) is 4.98 Å². The van der Waals surface area contributed by atoms with E-state index in [1.54, 1.807) is 6.07 Å². The molecule has 0 fully saturated rings. The highest BCUT2D eigenvalue weighted by Gasteiger charge is 1.94. The molecule has 0 aromatic carbocycles. The van der Waals surface area contributed by atoms with Gasteiger partial charge in [-0.25, -0.2) is 4.98 Å². The van der Waals surface area contributed by atoms with Crippen molar-refractivity contribution < 1.29 is 0 Å². The molecule has 1 aromatic rings. The minimum absolute atomic E-state index is 0.589. The molecule has 1 rings (SSSR count). The highest BCUT2D eigenvalue weighted by Crippen LogP contribution is 2.08. The van der Waals surface area contributed by atoms with Gasteiger partial charge in [-0.1, -0.05) is 33.6 Å². The lowest BCUT2D eigenvalue weighted by atomic mass is 10.2. The Bertz CT molecular complexity index is 240. The lowest BCUT2D eigenvalue weighted by Crippen LogP contribution is -1.90. The first-order valence-electron chi connectivity index (χ1n) is 4.00. The van der Waals surface area contributed by atoms with Crippen LogP contribution >= 0.6 is 27.5 Å². The van der Waals surface area contributed by atoms with E-state index < -0.39 is 0 Å².